The van der Waals surface area contributed by atoms with Crippen LogP contribution in [0.5, 0.6) is 5.75 Å². The maximum Gasteiger partial charge on any atom is 0.201 e. The highest BCUT2D eigenvalue weighted by Crippen LogP contribution is 2.35. The third-order valence-electron chi connectivity index (χ3n) is 2.48. The molecule has 0 unspecified atom stereocenters. The highest BCUT2D eigenvalue weighted by molar-refractivity contribution is 9.10. The number of hydrogen-bond donors (Lipinski definition) is 1. The Morgan fingerprint density at radius 1 is 1.47 bits per heavy atom. The van der Waals surface area contributed by atoms with E-state index in [-0.39, 0.29) is 5.82 Å². The molecule has 1 heterocycles. The lowest BCUT2D eigenvalue weighted by atomic mass is 10.1. The van der Waals surface area contributed by atoms with Crippen LogP contribution in [0.15, 0.2) is 22.8 Å². The van der Waals surface area contributed by atoms with Gasteiger partial charge in [0.2, 0.25) is 5.95 Å². The number of anilines is 1. The van der Waals surface area contributed by atoms with E-state index < -0.39 is 0 Å². The Hall–Kier alpha value is -1.56. The standard InChI is InChI=1S/C11H11BrFN3O/c1-16-10(12)9(15-11(16)14)7-5-6(13)3-4-8(7)17-2/h3-5H,1-2H3,(H2,14,15). The van der Waals surface area contributed by atoms with Gasteiger partial charge in [0.05, 0.1) is 7.11 Å². The lowest BCUT2D eigenvalue weighted by Gasteiger charge is -2.06. The monoisotopic (exact) mass is 299 g/mol. The van der Waals surface area contributed by atoms with Gasteiger partial charge in [0.15, 0.2) is 0 Å². The first-order valence-corrected chi connectivity index (χ1v) is 5.65. The van der Waals surface area contributed by atoms with Crippen LogP contribution in [0.2, 0.25) is 0 Å². The Kier molecular flexibility index (Phi) is 3.06. The number of imidazole rings is 1. The predicted molar refractivity (Wildman–Crippen MR) is 67.3 cm³/mol. The van der Waals surface area contributed by atoms with Gasteiger partial charge in [0.1, 0.15) is 21.9 Å². The summed E-state index contributed by atoms with van der Waals surface area (Å²) >= 11 is 3.37. The van der Waals surface area contributed by atoms with Crippen LogP contribution in [-0.2, 0) is 7.05 Å². The highest BCUT2D eigenvalue weighted by Gasteiger charge is 2.16. The Morgan fingerprint density at radius 3 is 2.71 bits per heavy atom. The Labute approximate surface area is 106 Å². The van der Waals surface area contributed by atoms with Crippen LogP contribution < -0.4 is 10.5 Å². The first-order valence-electron chi connectivity index (χ1n) is 4.86. The van der Waals surface area contributed by atoms with Gasteiger partial charge >= 0.3 is 0 Å². The van der Waals surface area contributed by atoms with E-state index in [9.17, 15) is 4.39 Å². The molecule has 1 aromatic carbocycles. The summed E-state index contributed by atoms with van der Waals surface area (Å²) < 4.78 is 20.8. The molecule has 1 aromatic heterocycles. The van der Waals surface area contributed by atoms with Crippen molar-refractivity contribution in [2.24, 2.45) is 7.05 Å². The maximum atomic E-state index is 13.3. The van der Waals surface area contributed by atoms with E-state index in [0.29, 0.717) is 27.6 Å². The quantitative estimate of drug-likeness (QED) is 0.927. The second-order valence-electron chi connectivity index (χ2n) is 3.51. The van der Waals surface area contributed by atoms with Crippen LogP contribution in [0, 0.1) is 5.82 Å². The van der Waals surface area contributed by atoms with Gasteiger partial charge in [-0.05, 0) is 34.1 Å². The number of rotatable bonds is 2. The summed E-state index contributed by atoms with van der Waals surface area (Å²) in [7, 11) is 3.29. The molecule has 0 amide bonds. The molecule has 0 fully saturated rings. The van der Waals surface area contributed by atoms with Gasteiger partial charge in [0.25, 0.3) is 0 Å². The third kappa shape index (κ3) is 2.00. The van der Waals surface area contributed by atoms with Gasteiger partial charge in [-0.25, -0.2) is 9.37 Å². The molecule has 90 valence electrons. The van der Waals surface area contributed by atoms with Crippen molar-refractivity contribution in [3.63, 3.8) is 0 Å². The third-order valence-corrected chi connectivity index (χ3v) is 3.38. The molecule has 6 heteroatoms. The van der Waals surface area contributed by atoms with Crippen molar-refractivity contribution in [1.29, 1.82) is 0 Å². The van der Waals surface area contributed by atoms with Gasteiger partial charge in [-0.3, -0.25) is 0 Å². The minimum Gasteiger partial charge on any atom is -0.496 e. The van der Waals surface area contributed by atoms with Crippen LogP contribution in [0.4, 0.5) is 10.3 Å². The van der Waals surface area contributed by atoms with E-state index >= 15 is 0 Å². The number of nitrogens with zero attached hydrogens (tertiary/aromatic N) is 2. The van der Waals surface area contributed by atoms with Crippen molar-refractivity contribution < 1.29 is 9.13 Å². The molecule has 4 nitrogen and oxygen atoms in total. The van der Waals surface area contributed by atoms with Gasteiger partial charge in [-0.2, -0.15) is 0 Å². The number of benzene rings is 1. The molecule has 0 radical (unpaired) electrons. The van der Waals surface area contributed by atoms with Gasteiger partial charge in [-0.15, -0.1) is 0 Å². The van der Waals surface area contributed by atoms with Gasteiger partial charge < -0.3 is 15.0 Å². The first kappa shape index (κ1) is 11.9. The van der Waals surface area contributed by atoms with E-state index in [2.05, 4.69) is 20.9 Å². The van der Waals surface area contributed by atoms with E-state index in [1.54, 1.807) is 17.7 Å². The topological polar surface area (TPSA) is 53.1 Å². The first-order chi connectivity index (χ1) is 8.04. The minimum atomic E-state index is -0.350. The number of hydrogen-bond acceptors (Lipinski definition) is 3. The predicted octanol–water partition coefficient (Wildman–Crippen LogP) is 2.58. The second kappa shape index (κ2) is 4.37. The van der Waals surface area contributed by atoms with Gasteiger partial charge in [0, 0.05) is 12.6 Å². The lowest BCUT2D eigenvalue weighted by molar-refractivity contribution is 0.415. The minimum absolute atomic E-state index is 0.346. The van der Waals surface area contributed by atoms with Crippen molar-refractivity contribution in [3.8, 4) is 17.0 Å². The SMILES string of the molecule is COc1ccc(F)cc1-c1nc(N)n(C)c1Br. The number of nitrogen functional groups attached to an aromatic ring is 1. The normalized spacial score (nSPS) is 10.6. The number of methoxy groups -OCH3 is 1. The van der Waals surface area contributed by atoms with Crippen LogP contribution in [0.25, 0.3) is 11.3 Å². The molecule has 2 rings (SSSR count). The molecule has 2 N–H and O–H groups in total. The van der Waals surface area contributed by atoms with E-state index in [4.69, 9.17) is 10.5 Å². The fourth-order valence-electron chi connectivity index (χ4n) is 1.53. The van der Waals surface area contributed by atoms with Gasteiger partial charge in [-0.1, -0.05) is 0 Å². The Morgan fingerprint density at radius 2 is 2.18 bits per heavy atom. The zero-order valence-corrected chi connectivity index (χ0v) is 11.0. The number of aromatic nitrogens is 2. The largest absolute Gasteiger partial charge is 0.496 e. The Bertz CT molecular complexity index is 568. The average molecular weight is 300 g/mol. The van der Waals surface area contributed by atoms with Crippen molar-refractivity contribution >= 4 is 21.9 Å². The average Bonchev–Trinajstić information content (AvgIpc) is 2.57. The molecule has 0 spiro atoms. The van der Waals surface area contributed by atoms with Crippen molar-refractivity contribution in [2.45, 2.75) is 0 Å². The molecule has 0 aliphatic heterocycles. The van der Waals surface area contributed by atoms with E-state index in [1.807, 2.05) is 0 Å². The molecule has 0 saturated heterocycles. The number of halogens is 2. The number of ether oxygens (including phenoxy) is 1. The molecule has 0 aliphatic carbocycles. The van der Waals surface area contributed by atoms with Crippen molar-refractivity contribution in [2.75, 3.05) is 12.8 Å². The molecule has 0 atom stereocenters. The lowest BCUT2D eigenvalue weighted by Crippen LogP contribution is -1.96. The van der Waals surface area contributed by atoms with Crippen molar-refractivity contribution in [1.82, 2.24) is 9.55 Å². The summed E-state index contributed by atoms with van der Waals surface area (Å²) in [5.41, 5.74) is 6.81. The molecule has 0 aliphatic rings. The molecule has 2 aromatic rings. The zero-order valence-electron chi connectivity index (χ0n) is 9.37. The second-order valence-corrected chi connectivity index (χ2v) is 4.26. The molecule has 0 saturated carbocycles. The fraction of sp³-hybridized carbons (Fsp3) is 0.182. The van der Waals surface area contributed by atoms with E-state index in [1.165, 1.54) is 19.2 Å². The van der Waals surface area contributed by atoms with Crippen LogP contribution >= 0.6 is 15.9 Å². The summed E-state index contributed by atoms with van der Waals surface area (Å²) in [6, 6.07) is 4.26. The zero-order chi connectivity index (χ0) is 12.6. The Balaban J connectivity index is 2.67. The summed E-state index contributed by atoms with van der Waals surface area (Å²) in [6.07, 6.45) is 0. The van der Waals surface area contributed by atoms with Crippen LogP contribution in [-0.4, -0.2) is 16.7 Å². The molecule has 17 heavy (non-hydrogen) atoms. The van der Waals surface area contributed by atoms with Crippen LogP contribution in [0.1, 0.15) is 0 Å². The summed E-state index contributed by atoms with van der Waals surface area (Å²) in [5, 5.41) is 0. The van der Waals surface area contributed by atoms with E-state index in [0.717, 1.165) is 0 Å². The number of nitrogens with two attached hydrogens (primary N) is 1. The van der Waals surface area contributed by atoms with Crippen molar-refractivity contribution in [3.05, 3.63) is 28.6 Å². The molecule has 0 bridgehead atoms. The smallest absolute Gasteiger partial charge is 0.201 e. The fourth-order valence-corrected chi connectivity index (χ4v) is 2.02. The van der Waals surface area contributed by atoms with Crippen LogP contribution in [0.3, 0.4) is 0 Å². The summed E-state index contributed by atoms with van der Waals surface area (Å²) in [6.45, 7) is 0. The maximum absolute atomic E-state index is 13.3. The molecular weight excluding hydrogens is 289 g/mol. The summed E-state index contributed by atoms with van der Waals surface area (Å²) in [5.74, 6) is 0.542. The highest BCUT2D eigenvalue weighted by atomic mass is 79.9. The summed E-state index contributed by atoms with van der Waals surface area (Å²) in [4.78, 5) is 4.18. The molecular formula is C11H11BrFN3O.